The van der Waals surface area contributed by atoms with Crippen LogP contribution in [0.15, 0.2) is 35.9 Å². The first-order valence-corrected chi connectivity index (χ1v) is 11.1. The van der Waals surface area contributed by atoms with Crippen molar-refractivity contribution in [3.63, 3.8) is 0 Å². The molecule has 1 aromatic rings. The van der Waals surface area contributed by atoms with Gasteiger partial charge in [-0.05, 0) is 37.1 Å². The summed E-state index contributed by atoms with van der Waals surface area (Å²) in [5.41, 5.74) is 0.969. The van der Waals surface area contributed by atoms with Crippen molar-refractivity contribution in [1.29, 1.82) is 0 Å². The van der Waals surface area contributed by atoms with Gasteiger partial charge in [0.2, 0.25) is 11.8 Å². The first kappa shape index (κ1) is 28.2. The SMILES string of the molecule is CNc1cccc(C(C)(C)C(NC)C(=O)NC(C(=O)N(C)C/C=C(\C)C(=O)O)C(C)(C)C)c1. The summed E-state index contributed by atoms with van der Waals surface area (Å²) >= 11 is 0. The van der Waals surface area contributed by atoms with Crippen molar-refractivity contribution >= 4 is 23.5 Å². The molecule has 0 aromatic heterocycles. The van der Waals surface area contributed by atoms with E-state index in [1.165, 1.54) is 17.9 Å². The van der Waals surface area contributed by atoms with Gasteiger partial charge in [-0.3, -0.25) is 9.59 Å². The molecule has 0 bridgehead atoms. The Balaban J connectivity index is 3.16. The molecule has 0 heterocycles. The molecule has 0 saturated carbocycles. The van der Waals surface area contributed by atoms with Crippen LogP contribution in [0.1, 0.15) is 47.1 Å². The van der Waals surface area contributed by atoms with Crippen LogP contribution in [0.4, 0.5) is 5.69 Å². The molecular weight excluding hydrogens is 420 g/mol. The predicted molar refractivity (Wildman–Crippen MR) is 132 cm³/mol. The highest BCUT2D eigenvalue weighted by molar-refractivity contribution is 5.91. The number of hydrogen-bond donors (Lipinski definition) is 4. The van der Waals surface area contributed by atoms with Crippen LogP contribution in [0, 0.1) is 5.41 Å². The molecule has 33 heavy (non-hydrogen) atoms. The van der Waals surface area contributed by atoms with Crippen LogP contribution in [0.25, 0.3) is 0 Å². The van der Waals surface area contributed by atoms with Gasteiger partial charge in [-0.2, -0.15) is 0 Å². The van der Waals surface area contributed by atoms with Crippen molar-refractivity contribution in [1.82, 2.24) is 15.5 Å². The van der Waals surface area contributed by atoms with Gasteiger partial charge in [-0.1, -0.05) is 52.8 Å². The lowest BCUT2D eigenvalue weighted by Crippen LogP contribution is -2.60. The number of nitrogens with one attached hydrogen (secondary N) is 3. The molecule has 0 saturated heterocycles. The van der Waals surface area contributed by atoms with Crippen molar-refractivity contribution in [3.05, 3.63) is 41.5 Å². The number of likely N-dealkylation sites (N-methyl/N-ethyl adjacent to an activating group) is 2. The van der Waals surface area contributed by atoms with Gasteiger partial charge < -0.3 is 26.0 Å². The highest BCUT2D eigenvalue weighted by atomic mass is 16.4. The van der Waals surface area contributed by atoms with E-state index in [0.717, 1.165) is 11.3 Å². The molecule has 184 valence electrons. The quantitative estimate of drug-likeness (QED) is 0.400. The second-order valence-corrected chi connectivity index (χ2v) is 9.99. The summed E-state index contributed by atoms with van der Waals surface area (Å²) in [4.78, 5) is 39.1. The third kappa shape index (κ3) is 7.32. The Morgan fingerprint density at radius 3 is 2.18 bits per heavy atom. The molecule has 0 fully saturated rings. The van der Waals surface area contributed by atoms with E-state index in [-0.39, 0.29) is 23.9 Å². The van der Waals surface area contributed by atoms with Crippen LogP contribution in [0.2, 0.25) is 0 Å². The van der Waals surface area contributed by atoms with Gasteiger partial charge in [0, 0.05) is 37.3 Å². The average molecular weight is 461 g/mol. The number of nitrogens with zero attached hydrogens (tertiary/aromatic N) is 1. The number of carboxylic acid groups (broad SMARTS) is 1. The highest BCUT2D eigenvalue weighted by Gasteiger charge is 2.40. The molecule has 0 aliphatic heterocycles. The van der Waals surface area contributed by atoms with Crippen LogP contribution < -0.4 is 16.0 Å². The first-order valence-electron chi connectivity index (χ1n) is 11.1. The molecule has 8 nitrogen and oxygen atoms in total. The highest BCUT2D eigenvalue weighted by Crippen LogP contribution is 2.30. The van der Waals surface area contributed by atoms with E-state index < -0.39 is 28.9 Å². The lowest BCUT2D eigenvalue weighted by atomic mass is 9.76. The number of carboxylic acids is 1. The molecular formula is C25H40N4O4. The molecule has 0 radical (unpaired) electrons. The first-order chi connectivity index (χ1) is 15.2. The van der Waals surface area contributed by atoms with Crippen LogP contribution in [0.5, 0.6) is 0 Å². The lowest BCUT2D eigenvalue weighted by molar-refractivity contribution is -0.139. The normalized spacial score (nSPS) is 14.3. The summed E-state index contributed by atoms with van der Waals surface area (Å²) in [6, 6.07) is 6.51. The molecule has 1 aromatic carbocycles. The number of carbonyl (C=O) groups is 3. The molecule has 1 rings (SSSR count). The number of carbonyl (C=O) groups excluding carboxylic acids is 2. The molecule has 0 spiro atoms. The predicted octanol–water partition coefficient (Wildman–Crippen LogP) is 2.61. The fraction of sp³-hybridized carbons (Fsp3) is 0.560. The summed E-state index contributed by atoms with van der Waals surface area (Å²) in [5, 5.41) is 18.2. The third-order valence-electron chi connectivity index (χ3n) is 5.95. The molecule has 2 amide bonds. The van der Waals surface area contributed by atoms with Crippen molar-refractivity contribution in [2.75, 3.05) is 33.0 Å². The van der Waals surface area contributed by atoms with Crippen LogP contribution in [-0.4, -0.2) is 67.6 Å². The zero-order valence-corrected chi connectivity index (χ0v) is 21.4. The van der Waals surface area contributed by atoms with E-state index in [9.17, 15) is 14.4 Å². The van der Waals surface area contributed by atoms with E-state index in [1.54, 1.807) is 14.1 Å². The van der Waals surface area contributed by atoms with Crippen LogP contribution >= 0.6 is 0 Å². The van der Waals surface area contributed by atoms with Gasteiger partial charge in [-0.25, -0.2) is 4.79 Å². The topological polar surface area (TPSA) is 111 Å². The monoisotopic (exact) mass is 460 g/mol. The molecule has 2 unspecified atom stereocenters. The van der Waals surface area contributed by atoms with E-state index in [0.29, 0.717) is 0 Å². The molecule has 0 aliphatic carbocycles. The Morgan fingerprint density at radius 1 is 1.09 bits per heavy atom. The largest absolute Gasteiger partial charge is 0.478 e. The second-order valence-electron chi connectivity index (χ2n) is 9.99. The maximum atomic E-state index is 13.4. The standard InChI is InChI=1S/C25H40N4O4/c1-16(23(32)33)13-14-29(9)22(31)20(24(2,3)4)28-21(30)19(27-8)25(5,6)17-11-10-12-18(15-17)26-7/h10-13,15,19-20,26-27H,14H2,1-9H3,(H,28,30)(H,32,33)/b16-13+. The summed E-state index contributed by atoms with van der Waals surface area (Å²) in [6.07, 6.45) is 1.48. The zero-order chi connectivity index (χ0) is 25.6. The summed E-state index contributed by atoms with van der Waals surface area (Å²) in [5.74, 6) is -1.59. The van der Waals surface area contributed by atoms with Gasteiger partial charge >= 0.3 is 5.97 Å². The minimum absolute atomic E-state index is 0.136. The summed E-state index contributed by atoms with van der Waals surface area (Å²) in [7, 11) is 5.17. The number of amides is 2. The smallest absolute Gasteiger partial charge is 0.331 e. The van der Waals surface area contributed by atoms with Gasteiger partial charge in [0.05, 0.1) is 6.04 Å². The number of anilines is 1. The maximum absolute atomic E-state index is 13.4. The summed E-state index contributed by atoms with van der Waals surface area (Å²) < 4.78 is 0. The zero-order valence-electron chi connectivity index (χ0n) is 21.4. The third-order valence-corrected chi connectivity index (χ3v) is 5.95. The summed E-state index contributed by atoms with van der Waals surface area (Å²) in [6.45, 7) is 11.3. The van der Waals surface area contributed by atoms with Gasteiger partial charge in [0.1, 0.15) is 6.04 Å². The molecule has 2 atom stereocenters. The Bertz CT molecular complexity index is 887. The van der Waals surface area contributed by atoms with Crippen molar-refractivity contribution < 1.29 is 19.5 Å². The Labute approximate surface area is 197 Å². The number of aliphatic carboxylic acids is 1. The fourth-order valence-electron chi connectivity index (χ4n) is 3.61. The molecule has 4 N–H and O–H groups in total. The van der Waals surface area contributed by atoms with Crippen molar-refractivity contribution in [2.45, 2.75) is 59.0 Å². The fourth-order valence-corrected chi connectivity index (χ4v) is 3.61. The van der Waals surface area contributed by atoms with Crippen molar-refractivity contribution in [2.24, 2.45) is 5.41 Å². The van der Waals surface area contributed by atoms with E-state index in [4.69, 9.17) is 5.11 Å². The minimum atomic E-state index is -1.03. The number of benzene rings is 1. The van der Waals surface area contributed by atoms with E-state index in [1.807, 2.05) is 65.9 Å². The average Bonchev–Trinajstić information content (AvgIpc) is 2.74. The second kappa shape index (κ2) is 11.3. The van der Waals surface area contributed by atoms with Crippen molar-refractivity contribution in [3.8, 4) is 0 Å². The number of rotatable bonds is 10. The van der Waals surface area contributed by atoms with Gasteiger partial charge in [-0.15, -0.1) is 0 Å². The lowest BCUT2D eigenvalue weighted by Gasteiger charge is -2.38. The van der Waals surface area contributed by atoms with E-state index in [2.05, 4.69) is 16.0 Å². The van der Waals surface area contributed by atoms with Gasteiger partial charge in [0.15, 0.2) is 0 Å². The Kier molecular flexibility index (Phi) is 9.66. The molecule has 8 heteroatoms. The maximum Gasteiger partial charge on any atom is 0.331 e. The van der Waals surface area contributed by atoms with Crippen LogP contribution in [-0.2, 0) is 19.8 Å². The van der Waals surface area contributed by atoms with E-state index >= 15 is 0 Å². The number of hydrogen-bond acceptors (Lipinski definition) is 5. The van der Waals surface area contributed by atoms with Gasteiger partial charge in [0.25, 0.3) is 0 Å². The molecule has 0 aliphatic rings. The Morgan fingerprint density at radius 2 is 1.70 bits per heavy atom. The van der Waals surface area contributed by atoms with Crippen LogP contribution in [0.3, 0.4) is 0 Å². The Hall–Kier alpha value is -2.87. The minimum Gasteiger partial charge on any atom is -0.478 e.